The van der Waals surface area contributed by atoms with Gasteiger partial charge in [-0.3, -0.25) is 30.2 Å². The van der Waals surface area contributed by atoms with Crippen molar-refractivity contribution in [1.82, 2.24) is 20.8 Å². The molecule has 0 aliphatic carbocycles. The van der Waals surface area contributed by atoms with Crippen LogP contribution in [0.5, 0.6) is 0 Å². The lowest BCUT2D eigenvalue weighted by Crippen LogP contribution is -2.46. The van der Waals surface area contributed by atoms with Crippen LogP contribution in [-0.2, 0) is 9.59 Å². The van der Waals surface area contributed by atoms with Crippen LogP contribution < -0.4 is 10.9 Å². The van der Waals surface area contributed by atoms with Gasteiger partial charge in [-0.05, 0) is 12.1 Å². The molecule has 1 aliphatic heterocycles. The highest BCUT2D eigenvalue weighted by molar-refractivity contribution is 6.39. The van der Waals surface area contributed by atoms with Crippen molar-refractivity contribution < 1.29 is 14.4 Å². The Labute approximate surface area is 114 Å². The van der Waals surface area contributed by atoms with Crippen LogP contribution in [0.2, 0.25) is 0 Å². The smallest absolute Gasteiger partial charge is 0.273 e. The van der Waals surface area contributed by atoms with Crippen molar-refractivity contribution in [3.05, 3.63) is 30.1 Å². The maximum Gasteiger partial charge on any atom is 0.288 e. The van der Waals surface area contributed by atoms with E-state index < -0.39 is 11.8 Å². The maximum absolute atomic E-state index is 11.8. The minimum Gasteiger partial charge on any atom is -0.273 e. The van der Waals surface area contributed by atoms with Gasteiger partial charge in [0.15, 0.2) is 0 Å². The minimum atomic E-state index is -0.548. The summed E-state index contributed by atoms with van der Waals surface area (Å²) < 4.78 is 0. The summed E-state index contributed by atoms with van der Waals surface area (Å²) >= 11 is 0. The number of nitrogens with zero attached hydrogens (tertiary/aromatic N) is 3. The normalized spacial score (nSPS) is 14.6. The Morgan fingerprint density at radius 1 is 1.20 bits per heavy atom. The number of hydrazine groups is 1. The Morgan fingerprint density at radius 2 is 1.95 bits per heavy atom. The van der Waals surface area contributed by atoms with Gasteiger partial charge in [-0.2, -0.15) is 5.10 Å². The molecule has 20 heavy (non-hydrogen) atoms. The van der Waals surface area contributed by atoms with Crippen LogP contribution in [0, 0.1) is 0 Å². The zero-order valence-electron chi connectivity index (χ0n) is 10.8. The molecule has 2 N–H and O–H groups in total. The fourth-order valence-electron chi connectivity index (χ4n) is 1.58. The third-order valence-electron chi connectivity index (χ3n) is 2.66. The van der Waals surface area contributed by atoms with E-state index in [1.54, 1.807) is 12.1 Å². The van der Waals surface area contributed by atoms with Crippen molar-refractivity contribution in [2.75, 3.05) is 7.05 Å². The van der Waals surface area contributed by atoms with E-state index >= 15 is 0 Å². The minimum absolute atomic E-state index is 0.154. The van der Waals surface area contributed by atoms with E-state index in [-0.39, 0.29) is 30.2 Å². The van der Waals surface area contributed by atoms with E-state index in [1.807, 2.05) is 0 Å². The van der Waals surface area contributed by atoms with E-state index in [1.165, 1.54) is 19.3 Å². The molecule has 0 radical (unpaired) electrons. The Hall–Kier alpha value is -2.77. The highest BCUT2D eigenvalue weighted by Gasteiger charge is 2.22. The van der Waals surface area contributed by atoms with Gasteiger partial charge in [-0.25, -0.2) is 5.01 Å². The summed E-state index contributed by atoms with van der Waals surface area (Å²) in [7, 11) is 1.47. The summed E-state index contributed by atoms with van der Waals surface area (Å²) in [6.45, 7) is 0. The predicted molar refractivity (Wildman–Crippen MR) is 69.3 cm³/mol. The number of hydrogen-bond donors (Lipinski definition) is 2. The van der Waals surface area contributed by atoms with Crippen molar-refractivity contribution in [1.29, 1.82) is 0 Å². The van der Waals surface area contributed by atoms with Crippen LogP contribution in [0.4, 0.5) is 0 Å². The van der Waals surface area contributed by atoms with E-state index in [0.29, 0.717) is 0 Å². The molecule has 0 saturated heterocycles. The zero-order valence-corrected chi connectivity index (χ0v) is 10.8. The number of aromatic nitrogens is 1. The van der Waals surface area contributed by atoms with Gasteiger partial charge in [0.05, 0.1) is 0 Å². The molecule has 8 heteroatoms. The van der Waals surface area contributed by atoms with Crippen molar-refractivity contribution in [3.63, 3.8) is 0 Å². The molecule has 1 aliphatic rings. The molecule has 1 aromatic rings. The van der Waals surface area contributed by atoms with Crippen molar-refractivity contribution in [2.24, 2.45) is 5.10 Å². The first-order valence-corrected chi connectivity index (χ1v) is 5.93. The van der Waals surface area contributed by atoms with Gasteiger partial charge in [0.1, 0.15) is 11.4 Å². The average molecular weight is 275 g/mol. The monoisotopic (exact) mass is 275 g/mol. The van der Waals surface area contributed by atoms with E-state index in [9.17, 15) is 14.4 Å². The largest absolute Gasteiger partial charge is 0.288 e. The number of amides is 3. The summed E-state index contributed by atoms with van der Waals surface area (Å²) in [6.07, 6.45) is 1.94. The summed E-state index contributed by atoms with van der Waals surface area (Å²) in [5.74, 6) is -1.23. The van der Waals surface area contributed by atoms with Crippen molar-refractivity contribution in [2.45, 2.75) is 12.8 Å². The van der Waals surface area contributed by atoms with Gasteiger partial charge in [0.25, 0.3) is 11.8 Å². The second kappa shape index (κ2) is 5.91. The number of pyridine rings is 1. The van der Waals surface area contributed by atoms with E-state index in [4.69, 9.17) is 0 Å². The second-order valence-corrected chi connectivity index (χ2v) is 4.09. The van der Waals surface area contributed by atoms with Gasteiger partial charge in [0.2, 0.25) is 5.91 Å². The van der Waals surface area contributed by atoms with Gasteiger partial charge in [-0.1, -0.05) is 6.07 Å². The van der Waals surface area contributed by atoms with Gasteiger partial charge in [-0.15, -0.1) is 0 Å². The molecular formula is C12H13N5O3. The third kappa shape index (κ3) is 3.16. The molecule has 1 aromatic heterocycles. The molecule has 0 atom stereocenters. The van der Waals surface area contributed by atoms with Crippen LogP contribution in [0.15, 0.2) is 29.5 Å². The highest BCUT2D eigenvalue weighted by Crippen LogP contribution is 2.06. The first-order valence-electron chi connectivity index (χ1n) is 5.93. The molecule has 0 unspecified atom stereocenters. The van der Waals surface area contributed by atoms with Crippen LogP contribution in [0.1, 0.15) is 23.3 Å². The molecule has 2 rings (SSSR count). The number of carbonyl (C=O) groups excluding carboxylic acids is 3. The lowest BCUT2D eigenvalue weighted by atomic mass is 10.1. The Bertz CT molecular complexity index is 570. The SMILES string of the molecule is CN1N=C(C(=O)NNC(=O)c2ccccn2)CCC1=O. The Morgan fingerprint density at radius 3 is 2.60 bits per heavy atom. The van der Waals surface area contributed by atoms with Crippen LogP contribution in [0.3, 0.4) is 0 Å². The second-order valence-electron chi connectivity index (χ2n) is 4.09. The van der Waals surface area contributed by atoms with Crippen LogP contribution in [-0.4, -0.2) is 40.5 Å². The summed E-state index contributed by atoms with van der Waals surface area (Å²) in [5, 5.41) is 4.95. The van der Waals surface area contributed by atoms with Gasteiger partial charge < -0.3 is 0 Å². The fourth-order valence-corrected chi connectivity index (χ4v) is 1.58. The van der Waals surface area contributed by atoms with E-state index in [0.717, 1.165) is 5.01 Å². The van der Waals surface area contributed by atoms with E-state index in [2.05, 4.69) is 20.9 Å². The Balaban J connectivity index is 1.91. The summed E-state index contributed by atoms with van der Waals surface area (Å²) in [6, 6.07) is 4.86. The topological polar surface area (TPSA) is 104 Å². The predicted octanol–water partition coefficient (Wildman–Crippen LogP) is -0.549. The maximum atomic E-state index is 11.8. The summed E-state index contributed by atoms with van der Waals surface area (Å²) in [4.78, 5) is 38.5. The third-order valence-corrected chi connectivity index (χ3v) is 2.66. The number of hydrogen-bond acceptors (Lipinski definition) is 5. The van der Waals surface area contributed by atoms with Crippen molar-refractivity contribution in [3.8, 4) is 0 Å². The summed E-state index contributed by atoms with van der Waals surface area (Å²) in [5.41, 5.74) is 4.85. The molecule has 0 bridgehead atoms. The van der Waals surface area contributed by atoms with Gasteiger partial charge in [0, 0.05) is 26.1 Å². The number of carbonyl (C=O) groups is 3. The molecule has 0 spiro atoms. The van der Waals surface area contributed by atoms with Crippen LogP contribution >= 0.6 is 0 Å². The number of hydrazone groups is 1. The highest BCUT2D eigenvalue weighted by atomic mass is 16.2. The molecular weight excluding hydrogens is 262 g/mol. The standard InChI is InChI=1S/C12H13N5O3/c1-17-10(18)6-5-9(16-17)12(20)15-14-11(19)8-4-2-3-7-13-8/h2-4,7H,5-6H2,1H3,(H,14,19)(H,15,20). The molecule has 104 valence electrons. The molecule has 0 saturated carbocycles. The molecule has 8 nitrogen and oxygen atoms in total. The lowest BCUT2D eigenvalue weighted by molar-refractivity contribution is -0.130. The molecule has 0 fully saturated rings. The number of nitrogens with one attached hydrogen (secondary N) is 2. The van der Waals surface area contributed by atoms with Crippen LogP contribution in [0.25, 0.3) is 0 Å². The quantitative estimate of drug-likeness (QED) is 0.707. The van der Waals surface area contributed by atoms with Gasteiger partial charge >= 0.3 is 0 Å². The first-order chi connectivity index (χ1) is 9.58. The average Bonchev–Trinajstić information content (AvgIpc) is 2.48. The Kier molecular flexibility index (Phi) is 4.04. The molecule has 0 aromatic carbocycles. The zero-order chi connectivity index (χ0) is 14.5. The molecule has 2 heterocycles. The lowest BCUT2D eigenvalue weighted by Gasteiger charge is -2.18. The first kappa shape index (κ1) is 13.7. The number of rotatable bonds is 2. The van der Waals surface area contributed by atoms with Crippen molar-refractivity contribution >= 4 is 23.4 Å². The fraction of sp³-hybridized carbons (Fsp3) is 0.250. The molecule has 3 amide bonds.